The van der Waals surface area contributed by atoms with Crippen molar-refractivity contribution in [2.24, 2.45) is 17.8 Å². The van der Waals surface area contributed by atoms with Crippen LogP contribution in [-0.2, 0) is 9.84 Å². The first-order chi connectivity index (χ1) is 11.7. The summed E-state index contributed by atoms with van der Waals surface area (Å²) < 4.78 is 50.0. The van der Waals surface area contributed by atoms with E-state index in [1.165, 1.54) is 6.26 Å². The summed E-state index contributed by atoms with van der Waals surface area (Å²) in [6.07, 6.45) is 2.57. The van der Waals surface area contributed by atoms with Crippen LogP contribution in [0.4, 0.5) is 14.5 Å². The van der Waals surface area contributed by atoms with E-state index < -0.39 is 15.8 Å². The summed E-state index contributed by atoms with van der Waals surface area (Å²) in [5.74, 6) is -2.66. The number of halogens is 2. The molecule has 2 aliphatic carbocycles. The van der Waals surface area contributed by atoms with Gasteiger partial charge < -0.3 is 4.90 Å². The Morgan fingerprint density at radius 1 is 1.12 bits per heavy atom. The van der Waals surface area contributed by atoms with E-state index in [1.54, 1.807) is 18.2 Å². The number of piperazine rings is 1. The molecule has 1 aromatic rings. The standard InChI is InChI=1S/C18H24F2N2O2S/c1-25(23,24)15-4-2-3-14(11-15)22-7-5-21(6-8-22)12-13-9-16-17(10-13)18(16,19)20/h2-4,11,13,16-17H,5-10,12H2,1H3. The number of benzene rings is 1. The van der Waals surface area contributed by atoms with Crippen LogP contribution in [0, 0.1) is 17.8 Å². The third kappa shape index (κ3) is 3.28. The van der Waals surface area contributed by atoms with Gasteiger partial charge in [0.15, 0.2) is 9.84 Å². The summed E-state index contributed by atoms with van der Waals surface area (Å²) in [4.78, 5) is 4.91. The molecule has 4 rings (SSSR count). The highest BCUT2D eigenvalue weighted by Crippen LogP contribution is 2.65. The van der Waals surface area contributed by atoms with Crippen LogP contribution < -0.4 is 4.90 Å². The maximum Gasteiger partial charge on any atom is 0.254 e. The van der Waals surface area contributed by atoms with Crippen LogP contribution in [0.2, 0.25) is 0 Å². The second-order valence-corrected chi connectivity index (χ2v) is 9.80. The van der Waals surface area contributed by atoms with E-state index in [-0.39, 0.29) is 11.8 Å². The zero-order valence-electron chi connectivity index (χ0n) is 14.4. The third-order valence-electron chi connectivity index (χ3n) is 6.04. The van der Waals surface area contributed by atoms with Crippen molar-refractivity contribution in [1.29, 1.82) is 0 Å². The Labute approximate surface area is 147 Å². The molecule has 0 bridgehead atoms. The fourth-order valence-electron chi connectivity index (χ4n) is 4.53. The third-order valence-corrected chi connectivity index (χ3v) is 7.15. The molecule has 1 saturated heterocycles. The summed E-state index contributed by atoms with van der Waals surface area (Å²) in [5.41, 5.74) is 0.935. The van der Waals surface area contributed by atoms with Crippen molar-refractivity contribution in [3.8, 4) is 0 Å². The zero-order valence-corrected chi connectivity index (χ0v) is 15.2. The van der Waals surface area contributed by atoms with Crippen molar-refractivity contribution in [1.82, 2.24) is 4.90 Å². The summed E-state index contributed by atoms with van der Waals surface area (Å²) >= 11 is 0. The van der Waals surface area contributed by atoms with E-state index in [0.29, 0.717) is 23.7 Å². The lowest BCUT2D eigenvalue weighted by Gasteiger charge is -2.37. The average Bonchev–Trinajstić information content (AvgIpc) is 2.91. The van der Waals surface area contributed by atoms with Crippen molar-refractivity contribution in [2.75, 3.05) is 43.9 Å². The Bertz CT molecular complexity index is 746. The number of hydrogen-bond acceptors (Lipinski definition) is 4. The van der Waals surface area contributed by atoms with Gasteiger partial charge >= 0.3 is 0 Å². The molecule has 0 N–H and O–H groups in total. The molecule has 1 aliphatic heterocycles. The molecule has 0 spiro atoms. The van der Waals surface area contributed by atoms with Crippen molar-refractivity contribution < 1.29 is 17.2 Å². The van der Waals surface area contributed by atoms with Crippen molar-refractivity contribution in [3.05, 3.63) is 24.3 Å². The first kappa shape index (κ1) is 17.2. The quantitative estimate of drug-likeness (QED) is 0.817. The Kier molecular flexibility index (Phi) is 4.07. The minimum Gasteiger partial charge on any atom is -0.369 e. The maximum atomic E-state index is 13.3. The first-order valence-electron chi connectivity index (χ1n) is 8.90. The maximum absolute atomic E-state index is 13.3. The smallest absolute Gasteiger partial charge is 0.254 e. The van der Waals surface area contributed by atoms with Crippen molar-refractivity contribution >= 4 is 15.5 Å². The van der Waals surface area contributed by atoms with E-state index in [0.717, 1.165) is 38.4 Å². The molecule has 4 nitrogen and oxygen atoms in total. The van der Waals surface area contributed by atoms with E-state index in [1.807, 2.05) is 6.07 Å². The highest BCUT2D eigenvalue weighted by molar-refractivity contribution is 7.90. The molecule has 1 heterocycles. The molecule has 7 heteroatoms. The Morgan fingerprint density at radius 2 is 1.76 bits per heavy atom. The summed E-state index contributed by atoms with van der Waals surface area (Å²) in [6.45, 7) is 4.38. The molecule has 3 fully saturated rings. The van der Waals surface area contributed by atoms with Crippen LogP contribution in [0.1, 0.15) is 12.8 Å². The summed E-state index contributed by atoms with van der Waals surface area (Å²) in [6, 6.07) is 7.08. The predicted molar refractivity (Wildman–Crippen MR) is 92.9 cm³/mol. The van der Waals surface area contributed by atoms with Gasteiger partial charge in [-0.3, -0.25) is 4.90 Å². The zero-order chi connectivity index (χ0) is 17.8. The number of alkyl halides is 2. The molecular weight excluding hydrogens is 346 g/mol. The largest absolute Gasteiger partial charge is 0.369 e. The van der Waals surface area contributed by atoms with Gasteiger partial charge in [0.2, 0.25) is 0 Å². The molecule has 2 atom stereocenters. The molecule has 0 aromatic heterocycles. The predicted octanol–water partition coefficient (Wildman–Crippen LogP) is 2.50. The summed E-state index contributed by atoms with van der Waals surface area (Å²) in [7, 11) is -3.20. The molecule has 0 radical (unpaired) electrons. The van der Waals surface area contributed by atoms with Gasteiger partial charge in [-0.25, -0.2) is 17.2 Å². The summed E-state index contributed by atoms with van der Waals surface area (Å²) in [5, 5.41) is 0. The molecule has 2 saturated carbocycles. The molecular formula is C18H24F2N2O2S. The molecule has 1 aromatic carbocycles. The molecule has 25 heavy (non-hydrogen) atoms. The Morgan fingerprint density at radius 3 is 2.36 bits per heavy atom. The minimum atomic E-state index is -3.20. The number of fused-ring (bicyclic) bond motifs is 1. The fraction of sp³-hybridized carbons (Fsp3) is 0.667. The highest BCUT2D eigenvalue weighted by Gasteiger charge is 2.71. The van der Waals surface area contributed by atoms with Crippen molar-refractivity contribution in [3.63, 3.8) is 0 Å². The molecule has 2 unspecified atom stereocenters. The number of anilines is 1. The van der Waals surface area contributed by atoms with Gasteiger partial charge in [0.25, 0.3) is 5.92 Å². The van der Waals surface area contributed by atoms with Crippen LogP contribution in [-0.4, -0.2) is 58.2 Å². The van der Waals surface area contributed by atoms with Gasteiger partial charge in [-0.2, -0.15) is 0 Å². The normalized spacial score (nSPS) is 31.8. The molecule has 0 amide bonds. The lowest BCUT2D eigenvalue weighted by Crippen LogP contribution is -2.47. The van der Waals surface area contributed by atoms with Gasteiger partial charge in [0.1, 0.15) is 0 Å². The van der Waals surface area contributed by atoms with E-state index in [2.05, 4.69) is 9.80 Å². The molecule has 3 aliphatic rings. The minimum absolute atomic E-state index is 0.346. The number of hydrogen-bond donors (Lipinski definition) is 0. The Balaban J connectivity index is 1.30. The van der Waals surface area contributed by atoms with Crippen LogP contribution in [0.25, 0.3) is 0 Å². The van der Waals surface area contributed by atoms with Crippen molar-refractivity contribution in [2.45, 2.75) is 23.7 Å². The van der Waals surface area contributed by atoms with E-state index >= 15 is 0 Å². The average molecular weight is 370 g/mol. The van der Waals surface area contributed by atoms with E-state index in [9.17, 15) is 17.2 Å². The lowest BCUT2D eigenvalue weighted by molar-refractivity contribution is 0.0586. The topological polar surface area (TPSA) is 40.6 Å². The molecule has 138 valence electrons. The lowest BCUT2D eigenvalue weighted by atomic mass is 10.0. The van der Waals surface area contributed by atoms with Gasteiger partial charge in [-0.1, -0.05) is 6.07 Å². The monoisotopic (exact) mass is 370 g/mol. The van der Waals surface area contributed by atoms with Crippen LogP contribution in [0.15, 0.2) is 29.2 Å². The van der Waals surface area contributed by atoms with Gasteiger partial charge in [0.05, 0.1) is 4.90 Å². The first-order valence-corrected chi connectivity index (χ1v) is 10.8. The van der Waals surface area contributed by atoms with Crippen LogP contribution in [0.3, 0.4) is 0 Å². The SMILES string of the molecule is CS(=O)(=O)c1cccc(N2CCN(CC3CC4C(C3)C4(F)F)CC2)c1. The van der Waals surface area contributed by atoms with Gasteiger partial charge in [0, 0.05) is 56.5 Å². The second-order valence-electron chi connectivity index (χ2n) is 7.78. The second kappa shape index (κ2) is 5.91. The number of sulfone groups is 1. The van der Waals surface area contributed by atoms with Crippen LogP contribution >= 0.6 is 0 Å². The fourth-order valence-corrected chi connectivity index (χ4v) is 5.19. The van der Waals surface area contributed by atoms with Gasteiger partial charge in [-0.15, -0.1) is 0 Å². The van der Waals surface area contributed by atoms with Gasteiger partial charge in [-0.05, 0) is 37.0 Å². The van der Waals surface area contributed by atoms with Crippen LogP contribution in [0.5, 0.6) is 0 Å². The van der Waals surface area contributed by atoms with E-state index in [4.69, 9.17) is 0 Å². The number of nitrogens with zero attached hydrogens (tertiary/aromatic N) is 2. The Hall–Kier alpha value is -1.21. The highest BCUT2D eigenvalue weighted by atomic mass is 32.2. The number of rotatable bonds is 4.